The Morgan fingerprint density at radius 2 is 1.62 bits per heavy atom. The molecule has 0 aliphatic heterocycles. The maximum atomic E-state index is 13.6. The molecule has 4 rings (SSSR count). The van der Waals surface area contributed by atoms with Gasteiger partial charge in [-0.05, 0) is 60.2 Å². The summed E-state index contributed by atoms with van der Waals surface area (Å²) in [7, 11) is 3.00. The summed E-state index contributed by atoms with van der Waals surface area (Å²) in [5, 5.41) is 13.4. The van der Waals surface area contributed by atoms with Crippen molar-refractivity contribution >= 4 is 40.8 Å². The van der Waals surface area contributed by atoms with E-state index in [9.17, 15) is 27.2 Å². The first kappa shape index (κ1) is 29.6. The number of ether oxygens (including phenoxy) is 1. The maximum absolute atomic E-state index is 13.6. The molecule has 0 aliphatic carbocycles. The Bertz CT molecular complexity index is 1580. The number of hydrogen-bond acceptors (Lipinski definition) is 7. The van der Waals surface area contributed by atoms with E-state index >= 15 is 0 Å². The Kier molecular flexibility index (Phi) is 9.05. The molecule has 0 radical (unpaired) electrons. The lowest BCUT2D eigenvalue weighted by atomic mass is 10.1. The number of rotatable bonds is 9. The van der Waals surface area contributed by atoms with Gasteiger partial charge >= 0.3 is 12.2 Å². The van der Waals surface area contributed by atoms with E-state index in [4.69, 9.17) is 4.74 Å². The van der Waals surface area contributed by atoms with Gasteiger partial charge in [-0.3, -0.25) is 4.79 Å². The number of hydrogen-bond donors (Lipinski definition) is 5. The molecule has 5 N–H and O–H groups in total. The van der Waals surface area contributed by atoms with Gasteiger partial charge in [0.15, 0.2) is 0 Å². The number of halogens is 4. The van der Waals surface area contributed by atoms with E-state index < -0.39 is 23.6 Å². The van der Waals surface area contributed by atoms with Gasteiger partial charge in [-0.25, -0.2) is 14.2 Å². The van der Waals surface area contributed by atoms with Crippen molar-refractivity contribution in [2.24, 2.45) is 0 Å². The van der Waals surface area contributed by atoms with Crippen molar-refractivity contribution in [3.05, 3.63) is 95.4 Å². The van der Waals surface area contributed by atoms with Crippen LogP contribution in [0.2, 0.25) is 0 Å². The Hall–Kier alpha value is -5.40. The summed E-state index contributed by atoms with van der Waals surface area (Å²) in [6.45, 7) is 0.371. The van der Waals surface area contributed by atoms with E-state index in [2.05, 4.69) is 36.6 Å². The van der Waals surface area contributed by atoms with Gasteiger partial charge < -0.3 is 31.3 Å². The summed E-state index contributed by atoms with van der Waals surface area (Å²) in [5.41, 5.74) is 0.582. The number of aromatic nitrogens is 2. The van der Waals surface area contributed by atoms with Crippen LogP contribution in [0, 0.1) is 5.82 Å². The average Bonchev–Trinajstić information content (AvgIpc) is 2.95. The lowest BCUT2D eigenvalue weighted by Crippen LogP contribution is -2.20. The van der Waals surface area contributed by atoms with E-state index in [1.54, 1.807) is 54.7 Å². The monoisotopic (exact) mass is 583 g/mol. The van der Waals surface area contributed by atoms with E-state index in [-0.39, 0.29) is 11.6 Å². The molecule has 0 saturated carbocycles. The molecule has 4 aromatic rings. The van der Waals surface area contributed by atoms with Crippen LogP contribution >= 0.6 is 0 Å². The summed E-state index contributed by atoms with van der Waals surface area (Å²) in [4.78, 5) is 33.0. The molecule has 0 unspecified atom stereocenters. The number of anilines is 5. The molecular weight excluding hydrogens is 558 g/mol. The Morgan fingerprint density at radius 1 is 0.905 bits per heavy atom. The number of nitrogens with zero attached hydrogens (tertiary/aromatic N) is 2. The number of amides is 3. The summed E-state index contributed by atoms with van der Waals surface area (Å²) in [5.74, 6) is -0.204. The van der Waals surface area contributed by atoms with E-state index in [0.29, 0.717) is 53.1 Å². The van der Waals surface area contributed by atoms with Gasteiger partial charge in [0.05, 0.1) is 18.2 Å². The van der Waals surface area contributed by atoms with Gasteiger partial charge in [-0.1, -0.05) is 12.1 Å². The zero-order valence-electron chi connectivity index (χ0n) is 22.3. The number of urea groups is 1. The van der Waals surface area contributed by atoms with Crippen LogP contribution in [0.4, 0.5) is 51.2 Å². The fraction of sp³-hybridized carbons (Fsp3) is 0.143. The highest BCUT2D eigenvalue weighted by atomic mass is 19.4. The molecule has 0 atom stereocenters. The number of methoxy groups -OCH3 is 1. The zero-order chi connectivity index (χ0) is 30.3. The molecule has 0 fully saturated rings. The SMILES string of the molecule is CNC(=O)c1cc(Nc2nccc(NCc3ccc(NC(=O)Nc4cc(F)cc(C(F)(F)F)c4)cc3)n2)ccc1OC. The topological polar surface area (TPSA) is 129 Å². The lowest BCUT2D eigenvalue weighted by molar-refractivity contribution is -0.137. The Morgan fingerprint density at radius 3 is 2.31 bits per heavy atom. The van der Waals surface area contributed by atoms with Crippen LogP contribution in [0.5, 0.6) is 5.75 Å². The zero-order valence-corrected chi connectivity index (χ0v) is 22.3. The van der Waals surface area contributed by atoms with Gasteiger partial charge in [0, 0.05) is 36.9 Å². The largest absolute Gasteiger partial charge is 0.496 e. The van der Waals surface area contributed by atoms with E-state index in [1.807, 2.05) is 0 Å². The van der Waals surface area contributed by atoms with Crippen molar-refractivity contribution in [2.45, 2.75) is 12.7 Å². The molecule has 42 heavy (non-hydrogen) atoms. The third-order valence-electron chi connectivity index (χ3n) is 5.75. The highest BCUT2D eigenvalue weighted by Crippen LogP contribution is 2.31. The highest BCUT2D eigenvalue weighted by molar-refractivity contribution is 6.00. The van der Waals surface area contributed by atoms with Crippen molar-refractivity contribution in [1.82, 2.24) is 15.3 Å². The molecule has 14 heteroatoms. The van der Waals surface area contributed by atoms with Gasteiger partial charge in [-0.15, -0.1) is 0 Å². The smallest absolute Gasteiger partial charge is 0.416 e. The molecular formula is C28H25F4N7O3. The normalized spacial score (nSPS) is 10.9. The van der Waals surface area contributed by atoms with Crippen molar-refractivity contribution in [3.8, 4) is 5.75 Å². The van der Waals surface area contributed by atoms with Crippen molar-refractivity contribution in [2.75, 3.05) is 35.4 Å². The van der Waals surface area contributed by atoms with Gasteiger partial charge in [0.2, 0.25) is 5.95 Å². The van der Waals surface area contributed by atoms with E-state index in [0.717, 1.165) is 11.6 Å². The maximum Gasteiger partial charge on any atom is 0.416 e. The third-order valence-corrected chi connectivity index (χ3v) is 5.75. The average molecular weight is 584 g/mol. The van der Waals surface area contributed by atoms with Gasteiger partial charge in [0.25, 0.3) is 5.91 Å². The van der Waals surface area contributed by atoms with Crippen LogP contribution in [0.3, 0.4) is 0 Å². The summed E-state index contributed by atoms with van der Waals surface area (Å²) < 4.78 is 57.5. The van der Waals surface area contributed by atoms with Crippen molar-refractivity contribution < 1.29 is 31.9 Å². The Labute approximate surface area is 237 Å². The Balaban J connectivity index is 1.33. The first-order chi connectivity index (χ1) is 20.0. The molecule has 218 valence electrons. The molecule has 0 bridgehead atoms. The number of alkyl halides is 3. The van der Waals surface area contributed by atoms with Crippen molar-refractivity contribution in [3.63, 3.8) is 0 Å². The fourth-order valence-corrected chi connectivity index (χ4v) is 3.76. The second-order valence-corrected chi connectivity index (χ2v) is 8.74. The predicted octanol–water partition coefficient (Wildman–Crippen LogP) is 6.00. The second-order valence-electron chi connectivity index (χ2n) is 8.74. The first-order valence-electron chi connectivity index (χ1n) is 12.3. The number of nitrogens with one attached hydrogen (secondary N) is 5. The van der Waals surface area contributed by atoms with Crippen LogP contribution in [0.1, 0.15) is 21.5 Å². The first-order valence-corrected chi connectivity index (χ1v) is 12.3. The van der Waals surface area contributed by atoms with E-state index in [1.165, 1.54) is 14.2 Å². The fourth-order valence-electron chi connectivity index (χ4n) is 3.76. The summed E-state index contributed by atoms with van der Waals surface area (Å²) in [6.07, 6.45) is -3.19. The minimum atomic E-state index is -4.75. The summed E-state index contributed by atoms with van der Waals surface area (Å²) >= 11 is 0. The third kappa shape index (κ3) is 7.84. The van der Waals surface area contributed by atoms with Gasteiger partial charge in [0.1, 0.15) is 17.4 Å². The molecule has 1 heterocycles. The van der Waals surface area contributed by atoms with Gasteiger partial charge in [-0.2, -0.15) is 18.2 Å². The predicted molar refractivity (Wildman–Crippen MR) is 150 cm³/mol. The van der Waals surface area contributed by atoms with Crippen LogP contribution in [-0.4, -0.2) is 36.1 Å². The molecule has 0 saturated heterocycles. The molecule has 0 spiro atoms. The minimum Gasteiger partial charge on any atom is -0.496 e. The van der Waals surface area contributed by atoms with Crippen molar-refractivity contribution in [1.29, 1.82) is 0 Å². The quantitative estimate of drug-likeness (QED) is 0.153. The number of carbonyl (C=O) groups is 2. The molecule has 1 aromatic heterocycles. The molecule has 3 amide bonds. The minimum absolute atomic E-state index is 0.291. The van der Waals surface area contributed by atoms with Crippen LogP contribution < -0.4 is 31.3 Å². The second kappa shape index (κ2) is 12.8. The highest BCUT2D eigenvalue weighted by Gasteiger charge is 2.31. The standard InChI is InChI=1S/C28H25F4N7O3/c1-33-25(40)22-14-20(7-8-23(22)42-2)36-26-34-10-9-24(39-26)35-15-16-3-5-19(6-4-16)37-27(41)38-21-12-17(28(30,31)32)11-18(29)13-21/h3-14H,15H2,1-2H3,(H,33,40)(H2,37,38,41)(H2,34,35,36,39). The molecule has 10 nitrogen and oxygen atoms in total. The van der Waals surface area contributed by atoms with Crippen LogP contribution in [0.25, 0.3) is 0 Å². The summed E-state index contributed by atoms with van der Waals surface area (Å²) in [6, 6.07) is 14.3. The van der Waals surface area contributed by atoms with Crippen LogP contribution in [-0.2, 0) is 12.7 Å². The number of benzene rings is 3. The lowest BCUT2D eigenvalue weighted by Gasteiger charge is -2.12. The van der Waals surface area contributed by atoms with Crippen LogP contribution in [0.15, 0.2) is 72.9 Å². The molecule has 3 aromatic carbocycles. The molecule has 0 aliphatic rings. The number of carbonyl (C=O) groups excluding carboxylic acids is 2.